The Labute approximate surface area is 97.2 Å². The minimum Gasteiger partial charge on any atom is -0.368 e. The number of aliphatic imine (C=N–C) groups is 1. The van der Waals surface area contributed by atoms with Crippen LogP contribution in [0.5, 0.6) is 0 Å². The summed E-state index contributed by atoms with van der Waals surface area (Å²) in [5.41, 5.74) is 0.739. The molecule has 16 heavy (non-hydrogen) atoms. The minimum absolute atomic E-state index is 0.00124. The van der Waals surface area contributed by atoms with Gasteiger partial charge < -0.3 is 10.6 Å². The van der Waals surface area contributed by atoms with Crippen molar-refractivity contribution >= 4 is 11.7 Å². The first-order chi connectivity index (χ1) is 7.52. The van der Waals surface area contributed by atoms with Crippen molar-refractivity contribution in [2.24, 2.45) is 4.99 Å². The van der Waals surface area contributed by atoms with Crippen LogP contribution in [0.15, 0.2) is 16.6 Å². The van der Waals surface area contributed by atoms with Gasteiger partial charge in [-0.1, -0.05) is 6.92 Å². The number of amidine groups is 1. The highest BCUT2D eigenvalue weighted by molar-refractivity contribution is 6.06. The lowest BCUT2D eigenvalue weighted by Gasteiger charge is -2.11. The molecule has 1 amide bonds. The fourth-order valence-electron chi connectivity index (χ4n) is 1.37. The van der Waals surface area contributed by atoms with Gasteiger partial charge in [-0.3, -0.25) is 9.79 Å². The van der Waals surface area contributed by atoms with Crippen LogP contribution < -0.4 is 10.6 Å². The number of hydrogen-bond acceptors (Lipinski definition) is 3. The van der Waals surface area contributed by atoms with E-state index in [0.717, 1.165) is 17.8 Å². The Morgan fingerprint density at radius 3 is 2.75 bits per heavy atom. The van der Waals surface area contributed by atoms with Crippen molar-refractivity contribution in [1.29, 1.82) is 0 Å². The van der Waals surface area contributed by atoms with E-state index in [9.17, 15) is 4.79 Å². The van der Waals surface area contributed by atoms with Gasteiger partial charge in [0.25, 0.3) is 0 Å². The fourth-order valence-corrected chi connectivity index (χ4v) is 1.37. The maximum atomic E-state index is 11.8. The van der Waals surface area contributed by atoms with Crippen molar-refractivity contribution in [3.63, 3.8) is 0 Å². The lowest BCUT2D eigenvalue weighted by atomic mass is 10.2. The molecule has 0 aromatic carbocycles. The van der Waals surface area contributed by atoms with Gasteiger partial charge in [-0.05, 0) is 33.3 Å². The summed E-state index contributed by atoms with van der Waals surface area (Å²) in [6.07, 6.45) is 2.77. The van der Waals surface area contributed by atoms with Crippen LogP contribution >= 0.6 is 0 Å². The molecule has 1 heterocycles. The normalized spacial score (nSPS) is 16.8. The van der Waals surface area contributed by atoms with E-state index in [1.165, 1.54) is 0 Å². The van der Waals surface area contributed by atoms with Crippen molar-refractivity contribution < 1.29 is 4.79 Å². The molecular formula is C12H21N3O. The highest BCUT2D eigenvalue weighted by Crippen LogP contribution is 2.05. The van der Waals surface area contributed by atoms with Crippen LogP contribution in [0.4, 0.5) is 0 Å². The third kappa shape index (κ3) is 3.68. The molecule has 90 valence electrons. The predicted molar refractivity (Wildman–Crippen MR) is 66.6 cm³/mol. The summed E-state index contributed by atoms with van der Waals surface area (Å²) < 4.78 is 0. The molecule has 1 aliphatic rings. The summed E-state index contributed by atoms with van der Waals surface area (Å²) in [5, 5.41) is 6.12. The zero-order valence-corrected chi connectivity index (χ0v) is 10.5. The predicted octanol–water partition coefficient (Wildman–Crippen LogP) is 1.24. The number of hydrogen-bond donors (Lipinski definition) is 2. The van der Waals surface area contributed by atoms with E-state index in [0.29, 0.717) is 12.6 Å². The molecule has 4 heteroatoms. The van der Waals surface area contributed by atoms with Gasteiger partial charge in [-0.25, -0.2) is 0 Å². The third-order valence-corrected chi connectivity index (χ3v) is 2.45. The standard InChI is InChI=1S/C12H21N3O/c1-5-9(4)15-12(16)10-6-11(13-7-10)14-8(2)3/h6,8-9H,5,7H2,1-4H3,(H,13,14)(H,15,16). The second kappa shape index (κ2) is 5.68. The average Bonchev–Trinajstić information content (AvgIpc) is 2.65. The molecule has 1 unspecified atom stereocenters. The largest absolute Gasteiger partial charge is 0.368 e. The summed E-state index contributed by atoms with van der Waals surface area (Å²) in [6, 6.07) is 0.558. The van der Waals surface area contributed by atoms with Crippen LogP contribution in [-0.4, -0.2) is 30.4 Å². The average molecular weight is 223 g/mol. The van der Waals surface area contributed by atoms with E-state index in [2.05, 4.69) is 22.5 Å². The number of amides is 1. The monoisotopic (exact) mass is 223 g/mol. The molecule has 1 atom stereocenters. The van der Waals surface area contributed by atoms with E-state index in [1.54, 1.807) is 0 Å². The molecule has 1 rings (SSSR count). The SMILES string of the molecule is CCC(C)NC(=O)C1=CC(NC(C)C)=NC1. The number of nitrogens with one attached hydrogen (secondary N) is 2. The summed E-state index contributed by atoms with van der Waals surface area (Å²) >= 11 is 0. The Balaban J connectivity index is 2.49. The summed E-state index contributed by atoms with van der Waals surface area (Å²) in [5.74, 6) is 0.808. The molecule has 0 aromatic rings. The van der Waals surface area contributed by atoms with E-state index in [1.807, 2.05) is 26.8 Å². The van der Waals surface area contributed by atoms with Gasteiger partial charge in [0.15, 0.2) is 0 Å². The Morgan fingerprint density at radius 1 is 1.50 bits per heavy atom. The first kappa shape index (κ1) is 12.7. The van der Waals surface area contributed by atoms with Gasteiger partial charge in [0, 0.05) is 17.7 Å². The van der Waals surface area contributed by atoms with E-state index >= 15 is 0 Å². The maximum Gasteiger partial charge on any atom is 0.249 e. The van der Waals surface area contributed by atoms with Gasteiger partial charge in [0.1, 0.15) is 5.84 Å². The van der Waals surface area contributed by atoms with E-state index < -0.39 is 0 Å². The van der Waals surface area contributed by atoms with Crippen LogP contribution in [0.1, 0.15) is 34.1 Å². The first-order valence-electron chi connectivity index (χ1n) is 5.85. The second-order valence-electron chi connectivity index (χ2n) is 4.45. The third-order valence-electron chi connectivity index (χ3n) is 2.45. The molecule has 0 fully saturated rings. The van der Waals surface area contributed by atoms with Gasteiger partial charge in [0.05, 0.1) is 6.54 Å². The molecular weight excluding hydrogens is 202 g/mol. The lowest BCUT2D eigenvalue weighted by Crippen LogP contribution is -2.33. The smallest absolute Gasteiger partial charge is 0.249 e. The first-order valence-corrected chi connectivity index (χ1v) is 5.85. The molecule has 0 saturated heterocycles. The zero-order valence-electron chi connectivity index (χ0n) is 10.5. The topological polar surface area (TPSA) is 53.5 Å². The quantitative estimate of drug-likeness (QED) is 0.753. The van der Waals surface area contributed by atoms with Crippen LogP contribution in [0, 0.1) is 0 Å². The van der Waals surface area contributed by atoms with E-state index in [4.69, 9.17) is 0 Å². The van der Waals surface area contributed by atoms with Crippen molar-refractivity contribution in [2.75, 3.05) is 6.54 Å². The second-order valence-corrected chi connectivity index (χ2v) is 4.45. The molecule has 1 aliphatic heterocycles. The van der Waals surface area contributed by atoms with Crippen molar-refractivity contribution in [3.8, 4) is 0 Å². The molecule has 0 spiro atoms. The number of nitrogens with zero attached hydrogens (tertiary/aromatic N) is 1. The van der Waals surface area contributed by atoms with Crippen molar-refractivity contribution in [3.05, 3.63) is 11.6 Å². The van der Waals surface area contributed by atoms with Gasteiger partial charge >= 0.3 is 0 Å². The van der Waals surface area contributed by atoms with Gasteiger partial charge in [0.2, 0.25) is 5.91 Å². The van der Waals surface area contributed by atoms with E-state index in [-0.39, 0.29) is 11.9 Å². The number of carbonyl (C=O) groups excluding carboxylic acids is 1. The zero-order chi connectivity index (χ0) is 12.1. The molecule has 0 radical (unpaired) electrons. The van der Waals surface area contributed by atoms with Crippen molar-refractivity contribution in [1.82, 2.24) is 10.6 Å². The summed E-state index contributed by atoms with van der Waals surface area (Å²) in [6.45, 7) is 8.64. The van der Waals surface area contributed by atoms with Gasteiger partial charge in [-0.2, -0.15) is 0 Å². The van der Waals surface area contributed by atoms with Crippen molar-refractivity contribution in [2.45, 2.75) is 46.2 Å². The minimum atomic E-state index is -0.00124. The molecule has 0 saturated carbocycles. The fraction of sp³-hybridized carbons (Fsp3) is 0.667. The molecule has 4 nitrogen and oxygen atoms in total. The number of rotatable bonds is 4. The molecule has 0 aliphatic carbocycles. The Bertz CT molecular complexity index is 318. The van der Waals surface area contributed by atoms with Crippen LogP contribution in [-0.2, 0) is 4.79 Å². The summed E-state index contributed by atoms with van der Waals surface area (Å²) in [4.78, 5) is 16.0. The molecule has 0 bridgehead atoms. The Hall–Kier alpha value is -1.32. The lowest BCUT2D eigenvalue weighted by molar-refractivity contribution is -0.118. The Kier molecular flexibility index (Phi) is 4.52. The highest BCUT2D eigenvalue weighted by Gasteiger charge is 2.16. The number of carbonyl (C=O) groups is 1. The molecule has 2 N–H and O–H groups in total. The Morgan fingerprint density at radius 2 is 2.19 bits per heavy atom. The van der Waals surface area contributed by atoms with Crippen LogP contribution in [0.2, 0.25) is 0 Å². The van der Waals surface area contributed by atoms with Gasteiger partial charge in [-0.15, -0.1) is 0 Å². The maximum absolute atomic E-state index is 11.8. The molecule has 0 aromatic heterocycles. The van der Waals surface area contributed by atoms with Crippen LogP contribution in [0.3, 0.4) is 0 Å². The highest BCUT2D eigenvalue weighted by atomic mass is 16.1. The summed E-state index contributed by atoms with van der Waals surface area (Å²) in [7, 11) is 0. The van der Waals surface area contributed by atoms with Crippen LogP contribution in [0.25, 0.3) is 0 Å².